The Labute approximate surface area is 295 Å². The zero-order valence-corrected chi connectivity index (χ0v) is 29.6. The summed E-state index contributed by atoms with van der Waals surface area (Å²) in [6, 6.07) is 16.3. The molecular weight excluding hydrogens is 690 g/mol. The van der Waals surface area contributed by atoms with Crippen LogP contribution in [0.1, 0.15) is 57.3 Å². The van der Waals surface area contributed by atoms with E-state index in [0.717, 1.165) is 5.56 Å². The predicted molar refractivity (Wildman–Crippen MR) is 186 cm³/mol. The maximum absolute atomic E-state index is 15.0. The summed E-state index contributed by atoms with van der Waals surface area (Å²) in [6.07, 6.45) is 5.12. The van der Waals surface area contributed by atoms with Crippen LogP contribution in [-0.2, 0) is 35.2 Å². The molecule has 2 aromatic rings. The number of esters is 1. The third-order valence-electron chi connectivity index (χ3n) is 10.5. The second-order valence-corrected chi connectivity index (χ2v) is 14.5. The molecule has 0 aromatic heterocycles. The lowest BCUT2D eigenvalue weighted by atomic mass is 9.74. The fourth-order valence-electron chi connectivity index (χ4n) is 7.83. The molecule has 0 radical (unpaired) electrons. The number of cyclic esters (lactones) is 1. The lowest BCUT2D eigenvalue weighted by Crippen LogP contribution is -2.59. The highest BCUT2D eigenvalue weighted by atomic mass is 79.9. The summed E-state index contributed by atoms with van der Waals surface area (Å²) < 4.78 is 13.5. The SMILES string of the molecule is CC[C@H](C)[C@H](CO)N1C(=O)[C@@H]2[C@H]3C(=O)O[C@@H](c4ccccc4)[C@H](C)NC(=O)CC/C=C\CN(Cc4ccccc4)C(=O)[C@@H]1[C@]21C=C(Br)[C@H]3O1. The van der Waals surface area contributed by atoms with Gasteiger partial charge >= 0.3 is 5.97 Å². The van der Waals surface area contributed by atoms with Gasteiger partial charge in [0.15, 0.2) is 0 Å². The minimum Gasteiger partial charge on any atom is -0.455 e. The number of fused-ring (bicyclic) bond motifs is 2. The first-order valence-electron chi connectivity index (χ1n) is 17.1. The molecule has 3 amide bonds. The molecule has 10 nitrogen and oxygen atoms in total. The van der Waals surface area contributed by atoms with Gasteiger partial charge in [0.2, 0.25) is 17.7 Å². The van der Waals surface area contributed by atoms with Crippen LogP contribution in [0.3, 0.4) is 0 Å². The first-order valence-corrected chi connectivity index (χ1v) is 17.9. The molecule has 2 saturated heterocycles. The van der Waals surface area contributed by atoms with Gasteiger partial charge in [0.05, 0.1) is 24.6 Å². The number of ether oxygens (including phenoxy) is 2. The van der Waals surface area contributed by atoms with Gasteiger partial charge in [0.1, 0.15) is 29.8 Å². The van der Waals surface area contributed by atoms with E-state index in [4.69, 9.17) is 9.47 Å². The fourth-order valence-corrected chi connectivity index (χ4v) is 8.56. The number of allylic oxidation sites excluding steroid dienone is 1. The van der Waals surface area contributed by atoms with E-state index < -0.39 is 59.6 Å². The van der Waals surface area contributed by atoms with E-state index in [1.54, 1.807) is 17.9 Å². The topological polar surface area (TPSA) is 125 Å². The van der Waals surface area contributed by atoms with Crippen LogP contribution in [-0.4, -0.2) is 81.6 Å². The van der Waals surface area contributed by atoms with Gasteiger partial charge in [0.25, 0.3) is 0 Å². The third-order valence-corrected chi connectivity index (χ3v) is 11.2. The van der Waals surface area contributed by atoms with E-state index in [2.05, 4.69) is 21.2 Å². The number of aliphatic hydroxyl groups is 1. The number of hydrogen-bond acceptors (Lipinski definition) is 7. The quantitative estimate of drug-likeness (QED) is 0.319. The van der Waals surface area contributed by atoms with Crippen LogP contribution in [0.4, 0.5) is 0 Å². The van der Waals surface area contributed by atoms with E-state index in [1.807, 2.05) is 86.7 Å². The van der Waals surface area contributed by atoms with Gasteiger partial charge in [-0.1, -0.05) is 109 Å². The number of nitrogens with zero attached hydrogens (tertiary/aromatic N) is 2. The Balaban J connectivity index is 1.48. The summed E-state index contributed by atoms with van der Waals surface area (Å²) in [7, 11) is 0. The van der Waals surface area contributed by atoms with Crippen LogP contribution in [0, 0.1) is 17.8 Å². The lowest BCUT2D eigenvalue weighted by molar-refractivity contribution is -0.162. The molecule has 6 rings (SSSR count). The van der Waals surface area contributed by atoms with Gasteiger partial charge in [-0.25, -0.2) is 0 Å². The number of likely N-dealkylation sites (tertiary alicyclic amines) is 1. The Morgan fingerprint density at radius 1 is 1.00 bits per heavy atom. The summed E-state index contributed by atoms with van der Waals surface area (Å²) in [5.74, 6) is -3.92. The maximum Gasteiger partial charge on any atom is 0.313 e. The molecule has 0 aliphatic carbocycles. The first kappa shape index (κ1) is 35.0. The van der Waals surface area contributed by atoms with Crippen LogP contribution >= 0.6 is 15.9 Å². The molecule has 0 saturated carbocycles. The average molecular weight is 735 g/mol. The lowest BCUT2D eigenvalue weighted by Gasteiger charge is -2.40. The highest BCUT2D eigenvalue weighted by molar-refractivity contribution is 9.11. The number of carbonyl (C=O) groups excluding carboxylic acids is 4. The Kier molecular flexibility index (Phi) is 10.4. The smallest absolute Gasteiger partial charge is 0.313 e. The zero-order chi connectivity index (χ0) is 34.9. The second-order valence-electron chi connectivity index (χ2n) is 13.5. The van der Waals surface area contributed by atoms with Gasteiger partial charge < -0.3 is 29.7 Å². The Morgan fingerprint density at radius 3 is 2.37 bits per heavy atom. The molecule has 2 N–H and O–H groups in total. The van der Waals surface area contributed by atoms with Crippen molar-refractivity contribution in [1.29, 1.82) is 0 Å². The van der Waals surface area contributed by atoms with Crippen LogP contribution in [0.2, 0.25) is 0 Å². The Hall–Kier alpha value is -3.80. The van der Waals surface area contributed by atoms with Gasteiger partial charge in [-0.2, -0.15) is 0 Å². The van der Waals surface area contributed by atoms with Crippen molar-refractivity contribution in [2.24, 2.45) is 17.8 Å². The molecule has 4 heterocycles. The standard InChI is InChI=1S/C38H44BrN3O7/c1-4-23(2)28(22-43)42-34-36(46)41(21-25-14-8-5-9-15-25)19-13-7-12-18-29(44)40-24(3)32(26-16-10-6-11-17-26)48-37(47)30-31(35(42)45)38(34)20-27(39)33(30)49-38/h5-11,13-17,20,23-24,28,30-34,43H,4,12,18-19,21-22H2,1-3H3,(H,40,44)/b13-7-/t23-,24-,28-,30+,31-,32+,33+,34+,38-/m0/s1. The summed E-state index contributed by atoms with van der Waals surface area (Å²) in [5, 5.41) is 13.7. The second kappa shape index (κ2) is 14.6. The first-order chi connectivity index (χ1) is 23.6. The summed E-state index contributed by atoms with van der Waals surface area (Å²) in [5.41, 5.74) is 0.114. The van der Waals surface area contributed by atoms with E-state index in [1.165, 1.54) is 4.90 Å². The van der Waals surface area contributed by atoms with Crippen LogP contribution in [0.5, 0.6) is 0 Å². The molecule has 49 heavy (non-hydrogen) atoms. The monoisotopic (exact) mass is 733 g/mol. The molecule has 4 aliphatic heterocycles. The van der Waals surface area contributed by atoms with Crippen molar-refractivity contribution in [1.82, 2.24) is 15.1 Å². The minimum absolute atomic E-state index is 0.151. The van der Waals surface area contributed by atoms with Crippen LogP contribution in [0.25, 0.3) is 0 Å². The molecule has 4 aliphatic rings. The zero-order valence-electron chi connectivity index (χ0n) is 28.0. The number of carbonyl (C=O) groups is 4. The number of nitrogens with one attached hydrogen (secondary N) is 1. The van der Waals surface area contributed by atoms with E-state index >= 15 is 4.79 Å². The number of rotatable bonds is 7. The molecule has 5 bridgehead atoms. The number of hydrogen-bond donors (Lipinski definition) is 2. The average Bonchev–Trinajstić information content (AvgIpc) is 3.70. The summed E-state index contributed by atoms with van der Waals surface area (Å²) >= 11 is 3.62. The molecule has 1 spiro atoms. The largest absolute Gasteiger partial charge is 0.455 e. The van der Waals surface area contributed by atoms with Crippen molar-refractivity contribution in [2.45, 2.75) is 82.5 Å². The number of amides is 3. The van der Waals surface area contributed by atoms with Crippen molar-refractivity contribution in [3.8, 4) is 0 Å². The molecule has 9 atom stereocenters. The fraction of sp³-hybridized carbons (Fsp3) is 0.474. The Bertz CT molecular complexity index is 1620. The predicted octanol–water partition coefficient (Wildman–Crippen LogP) is 4.43. The highest BCUT2D eigenvalue weighted by Crippen LogP contribution is 2.59. The number of aliphatic hydroxyl groups excluding tert-OH is 1. The Morgan fingerprint density at radius 2 is 1.69 bits per heavy atom. The van der Waals surface area contributed by atoms with Crippen molar-refractivity contribution >= 4 is 39.6 Å². The molecule has 2 aromatic carbocycles. The van der Waals surface area contributed by atoms with Crippen LogP contribution < -0.4 is 5.32 Å². The van der Waals surface area contributed by atoms with E-state index in [0.29, 0.717) is 22.9 Å². The number of benzene rings is 2. The van der Waals surface area contributed by atoms with Crippen molar-refractivity contribution in [2.75, 3.05) is 13.2 Å². The molecule has 0 unspecified atom stereocenters. The molecule has 11 heteroatoms. The van der Waals surface area contributed by atoms with Gasteiger partial charge in [0, 0.05) is 24.0 Å². The van der Waals surface area contributed by atoms with Crippen molar-refractivity contribution in [3.63, 3.8) is 0 Å². The third kappa shape index (κ3) is 6.48. The normalized spacial score (nSPS) is 32.3. The molecular formula is C38H44BrN3O7. The van der Waals surface area contributed by atoms with Gasteiger partial charge in [-0.3, -0.25) is 19.2 Å². The van der Waals surface area contributed by atoms with Crippen molar-refractivity contribution in [3.05, 3.63) is 94.5 Å². The summed E-state index contributed by atoms with van der Waals surface area (Å²) in [4.78, 5) is 60.5. The number of halogens is 1. The van der Waals surface area contributed by atoms with Gasteiger partial charge in [-0.15, -0.1) is 0 Å². The maximum atomic E-state index is 15.0. The summed E-state index contributed by atoms with van der Waals surface area (Å²) in [6.45, 7) is 5.82. The van der Waals surface area contributed by atoms with E-state index in [-0.39, 0.29) is 43.8 Å². The van der Waals surface area contributed by atoms with Crippen molar-refractivity contribution < 1.29 is 33.8 Å². The minimum atomic E-state index is -1.48. The highest BCUT2D eigenvalue weighted by Gasteiger charge is 2.75. The molecule has 260 valence electrons. The van der Waals surface area contributed by atoms with E-state index in [9.17, 15) is 19.5 Å². The molecule has 2 fully saturated rings. The van der Waals surface area contributed by atoms with Crippen LogP contribution in [0.15, 0.2) is 83.4 Å². The van der Waals surface area contributed by atoms with Gasteiger partial charge in [-0.05, 0) is 36.5 Å².